The number of pyridine rings is 1. The summed E-state index contributed by atoms with van der Waals surface area (Å²) in [6.45, 7) is 1.98. The van der Waals surface area contributed by atoms with Crippen LogP contribution in [0.1, 0.15) is 11.1 Å². The summed E-state index contributed by atoms with van der Waals surface area (Å²) in [6, 6.07) is 11.3. The average Bonchev–Trinajstić information content (AvgIpc) is 2.58. The molecule has 0 radical (unpaired) electrons. The summed E-state index contributed by atoms with van der Waals surface area (Å²) in [7, 11) is 1.61. The highest BCUT2D eigenvalue weighted by Gasteiger charge is 2.12. The maximum Gasteiger partial charge on any atom is 0.120 e. The molecule has 0 saturated heterocycles. The molecule has 2 aromatic carbocycles. The van der Waals surface area contributed by atoms with Gasteiger partial charge in [-0.25, -0.2) is 0 Å². The average molecular weight is 319 g/mol. The number of anilines is 4. The van der Waals surface area contributed by atoms with Crippen molar-refractivity contribution in [1.29, 1.82) is 5.26 Å². The number of rotatable bonds is 3. The molecule has 0 aliphatic carbocycles. The van der Waals surface area contributed by atoms with Gasteiger partial charge in [-0.2, -0.15) is 5.26 Å². The van der Waals surface area contributed by atoms with Crippen LogP contribution in [0.2, 0.25) is 0 Å². The fourth-order valence-electron chi connectivity index (χ4n) is 2.49. The normalized spacial score (nSPS) is 10.4. The quantitative estimate of drug-likeness (QED) is 0.639. The Hall–Kier alpha value is -3.46. The van der Waals surface area contributed by atoms with Crippen molar-refractivity contribution in [1.82, 2.24) is 4.98 Å². The molecule has 3 rings (SSSR count). The standard InChI is InChI=1S/C18H17N5O/c1-10-3-4-12(24-2)5-16(10)23-18-11(8-19)9-22-17-7-15(21)14(20)6-13(17)18/h3-7,9H,20-21H2,1-2H3,(H,22,23). The molecule has 0 aliphatic heterocycles. The van der Waals surface area contributed by atoms with Gasteiger partial charge < -0.3 is 21.5 Å². The van der Waals surface area contributed by atoms with Crippen molar-refractivity contribution in [2.45, 2.75) is 6.92 Å². The lowest BCUT2D eigenvalue weighted by Gasteiger charge is -2.15. The smallest absolute Gasteiger partial charge is 0.120 e. The number of hydrogen-bond acceptors (Lipinski definition) is 6. The van der Waals surface area contributed by atoms with Crippen LogP contribution in [0.25, 0.3) is 10.9 Å². The Morgan fingerprint density at radius 3 is 2.62 bits per heavy atom. The van der Waals surface area contributed by atoms with Gasteiger partial charge in [-0.3, -0.25) is 4.98 Å². The molecule has 0 spiro atoms. The van der Waals surface area contributed by atoms with Crippen molar-refractivity contribution in [3.8, 4) is 11.8 Å². The van der Waals surface area contributed by atoms with Crippen LogP contribution in [-0.2, 0) is 0 Å². The zero-order valence-corrected chi connectivity index (χ0v) is 13.4. The summed E-state index contributed by atoms with van der Waals surface area (Å²) in [6.07, 6.45) is 1.52. The molecule has 0 unspecified atom stereocenters. The molecule has 3 aromatic rings. The fraction of sp³-hybridized carbons (Fsp3) is 0.111. The number of benzene rings is 2. The number of fused-ring (bicyclic) bond motifs is 1. The lowest BCUT2D eigenvalue weighted by molar-refractivity contribution is 0.415. The summed E-state index contributed by atoms with van der Waals surface area (Å²) in [5.41, 5.74) is 16.3. The maximum absolute atomic E-state index is 9.44. The number of nitrogens with two attached hydrogens (primary N) is 2. The van der Waals surface area contributed by atoms with Gasteiger partial charge in [-0.1, -0.05) is 6.07 Å². The first-order valence-electron chi connectivity index (χ1n) is 7.33. The number of ether oxygens (including phenoxy) is 1. The first kappa shape index (κ1) is 15.4. The molecule has 1 heterocycles. The Kier molecular flexibility index (Phi) is 3.84. The predicted octanol–water partition coefficient (Wildman–Crippen LogP) is 3.33. The highest BCUT2D eigenvalue weighted by Crippen LogP contribution is 2.34. The molecular weight excluding hydrogens is 302 g/mol. The lowest BCUT2D eigenvalue weighted by Crippen LogP contribution is -2.01. The number of aryl methyl sites for hydroxylation is 1. The first-order chi connectivity index (χ1) is 11.5. The number of nitrogens with zero attached hydrogens (tertiary/aromatic N) is 2. The summed E-state index contributed by atoms with van der Waals surface area (Å²) in [4.78, 5) is 4.29. The van der Waals surface area contributed by atoms with Crippen LogP contribution in [0.4, 0.5) is 22.7 Å². The van der Waals surface area contributed by atoms with E-state index in [1.165, 1.54) is 6.20 Å². The van der Waals surface area contributed by atoms with Gasteiger partial charge in [-0.05, 0) is 30.7 Å². The number of nitrogen functional groups attached to an aromatic ring is 2. The Balaban J connectivity index is 2.21. The summed E-state index contributed by atoms with van der Waals surface area (Å²) >= 11 is 0. The number of methoxy groups -OCH3 is 1. The molecule has 0 atom stereocenters. The number of nitrogens with one attached hydrogen (secondary N) is 1. The van der Waals surface area contributed by atoms with Crippen molar-refractivity contribution < 1.29 is 4.74 Å². The van der Waals surface area contributed by atoms with Crippen molar-refractivity contribution in [2.75, 3.05) is 23.9 Å². The van der Waals surface area contributed by atoms with Crippen LogP contribution >= 0.6 is 0 Å². The van der Waals surface area contributed by atoms with E-state index < -0.39 is 0 Å². The van der Waals surface area contributed by atoms with Crippen molar-refractivity contribution in [2.24, 2.45) is 0 Å². The zero-order valence-electron chi connectivity index (χ0n) is 13.4. The molecule has 5 N–H and O–H groups in total. The Morgan fingerprint density at radius 1 is 1.17 bits per heavy atom. The van der Waals surface area contributed by atoms with Crippen LogP contribution in [0.5, 0.6) is 5.75 Å². The topological polar surface area (TPSA) is 110 Å². The lowest BCUT2D eigenvalue weighted by atomic mass is 10.1. The number of nitriles is 1. The second-order valence-electron chi connectivity index (χ2n) is 5.46. The molecule has 6 heteroatoms. The molecule has 0 amide bonds. The third-order valence-electron chi connectivity index (χ3n) is 3.90. The van der Waals surface area contributed by atoms with Gasteiger partial charge in [0.15, 0.2) is 0 Å². The maximum atomic E-state index is 9.44. The molecule has 0 fully saturated rings. The fourth-order valence-corrected chi connectivity index (χ4v) is 2.49. The van der Waals surface area contributed by atoms with Gasteiger partial charge in [0.1, 0.15) is 11.8 Å². The summed E-state index contributed by atoms with van der Waals surface area (Å²) < 4.78 is 5.27. The van der Waals surface area contributed by atoms with E-state index in [9.17, 15) is 5.26 Å². The molecule has 6 nitrogen and oxygen atoms in total. The Labute approximate surface area is 139 Å². The minimum atomic E-state index is 0.425. The molecule has 0 saturated carbocycles. The van der Waals surface area contributed by atoms with Gasteiger partial charge >= 0.3 is 0 Å². The highest BCUT2D eigenvalue weighted by molar-refractivity contribution is 6.00. The van der Waals surface area contributed by atoms with E-state index in [0.717, 1.165) is 22.4 Å². The molecule has 24 heavy (non-hydrogen) atoms. The van der Waals surface area contributed by atoms with Crippen LogP contribution in [0.15, 0.2) is 36.5 Å². The number of aromatic nitrogens is 1. The monoisotopic (exact) mass is 319 g/mol. The van der Waals surface area contributed by atoms with Crippen LogP contribution in [0, 0.1) is 18.3 Å². The second-order valence-corrected chi connectivity index (χ2v) is 5.46. The first-order valence-corrected chi connectivity index (χ1v) is 7.33. The van der Waals surface area contributed by atoms with Gasteiger partial charge in [0.05, 0.1) is 35.3 Å². The largest absolute Gasteiger partial charge is 0.497 e. The summed E-state index contributed by atoms with van der Waals surface area (Å²) in [5, 5.41) is 13.5. The van der Waals surface area contributed by atoms with Crippen LogP contribution in [-0.4, -0.2) is 12.1 Å². The highest BCUT2D eigenvalue weighted by atomic mass is 16.5. The zero-order chi connectivity index (χ0) is 17.3. The molecule has 1 aromatic heterocycles. The third kappa shape index (κ3) is 2.63. The van der Waals surface area contributed by atoms with Gasteiger partial charge in [0.2, 0.25) is 0 Å². The van der Waals surface area contributed by atoms with Crippen LogP contribution < -0.4 is 21.5 Å². The van der Waals surface area contributed by atoms with E-state index in [2.05, 4.69) is 16.4 Å². The van der Waals surface area contributed by atoms with Crippen LogP contribution in [0.3, 0.4) is 0 Å². The van der Waals surface area contributed by atoms with Gasteiger partial charge in [0, 0.05) is 23.3 Å². The minimum Gasteiger partial charge on any atom is -0.497 e. The summed E-state index contributed by atoms with van der Waals surface area (Å²) in [5.74, 6) is 0.726. The minimum absolute atomic E-state index is 0.425. The van der Waals surface area contributed by atoms with Gasteiger partial charge in [0.25, 0.3) is 0 Å². The van der Waals surface area contributed by atoms with E-state index >= 15 is 0 Å². The third-order valence-corrected chi connectivity index (χ3v) is 3.90. The SMILES string of the molecule is COc1ccc(C)c(Nc2c(C#N)cnc3cc(N)c(N)cc23)c1. The van der Waals surface area contributed by atoms with E-state index in [0.29, 0.717) is 28.1 Å². The van der Waals surface area contributed by atoms with Crippen molar-refractivity contribution >= 4 is 33.7 Å². The second kappa shape index (κ2) is 5.97. The molecule has 0 bridgehead atoms. The number of hydrogen-bond donors (Lipinski definition) is 3. The van der Waals surface area contributed by atoms with Gasteiger partial charge in [-0.15, -0.1) is 0 Å². The van der Waals surface area contributed by atoms with E-state index in [-0.39, 0.29) is 0 Å². The van der Waals surface area contributed by atoms with Crippen molar-refractivity contribution in [3.63, 3.8) is 0 Å². The Bertz CT molecular complexity index is 975. The van der Waals surface area contributed by atoms with E-state index in [1.54, 1.807) is 19.2 Å². The molecular formula is C18H17N5O. The molecule has 0 aliphatic rings. The van der Waals surface area contributed by atoms with E-state index in [4.69, 9.17) is 16.2 Å². The van der Waals surface area contributed by atoms with Crippen molar-refractivity contribution in [3.05, 3.63) is 47.7 Å². The molecule has 120 valence electrons. The van der Waals surface area contributed by atoms with E-state index in [1.807, 2.05) is 25.1 Å². The Morgan fingerprint density at radius 2 is 1.92 bits per heavy atom. The predicted molar refractivity (Wildman–Crippen MR) is 96.3 cm³/mol.